The van der Waals surface area contributed by atoms with Gasteiger partial charge in [0.2, 0.25) is 0 Å². The Bertz CT molecular complexity index is 194. The van der Waals surface area contributed by atoms with Gasteiger partial charge in [-0.05, 0) is 32.1 Å². The van der Waals surface area contributed by atoms with Crippen LogP contribution < -0.4 is 5.73 Å². The number of ether oxygens (including phenoxy) is 2. The summed E-state index contributed by atoms with van der Waals surface area (Å²) in [5.74, 6) is 0. The first-order valence-electron chi connectivity index (χ1n) is 5.66. The smallest absolute Gasteiger partial charge is 0.0722 e. The van der Waals surface area contributed by atoms with Crippen LogP contribution in [0.1, 0.15) is 38.5 Å². The average Bonchev–Trinajstić information content (AvgIpc) is 2.17. The van der Waals surface area contributed by atoms with Gasteiger partial charge in [0, 0.05) is 26.2 Å². The molecule has 0 aromatic heterocycles. The quantitative estimate of drug-likeness (QED) is 0.695. The van der Waals surface area contributed by atoms with E-state index in [9.17, 15) is 0 Å². The molecule has 3 atom stereocenters. The van der Waals surface area contributed by atoms with Crippen LogP contribution in [0.2, 0.25) is 0 Å². The third kappa shape index (κ3) is 2.10. The molecule has 2 N–H and O–H groups in total. The Morgan fingerprint density at radius 3 is 2.93 bits per heavy atom. The van der Waals surface area contributed by atoms with Crippen LogP contribution in [-0.2, 0) is 9.47 Å². The fraction of sp³-hybridized carbons (Fsp3) is 1.00. The van der Waals surface area contributed by atoms with Gasteiger partial charge in [-0.2, -0.15) is 0 Å². The second-order valence-corrected chi connectivity index (χ2v) is 4.74. The molecule has 0 bridgehead atoms. The van der Waals surface area contributed by atoms with Crippen LogP contribution in [-0.4, -0.2) is 31.5 Å². The molecule has 1 saturated heterocycles. The standard InChI is InChI=1S/C11H21NO2/c1-13-10-3-2-5-11(8-10)7-9(12)4-6-14-11/h9-10H,2-8,12H2,1H3. The number of rotatable bonds is 1. The molecule has 1 aliphatic heterocycles. The van der Waals surface area contributed by atoms with Crippen molar-refractivity contribution in [3.05, 3.63) is 0 Å². The monoisotopic (exact) mass is 199 g/mol. The maximum atomic E-state index is 6.01. The van der Waals surface area contributed by atoms with E-state index >= 15 is 0 Å². The van der Waals surface area contributed by atoms with Crippen LogP contribution in [0, 0.1) is 0 Å². The summed E-state index contributed by atoms with van der Waals surface area (Å²) in [6.45, 7) is 0.831. The fourth-order valence-electron chi connectivity index (χ4n) is 2.85. The van der Waals surface area contributed by atoms with Crippen LogP contribution in [0.5, 0.6) is 0 Å². The molecule has 2 rings (SSSR count). The van der Waals surface area contributed by atoms with Crippen molar-refractivity contribution in [3.8, 4) is 0 Å². The second-order valence-electron chi connectivity index (χ2n) is 4.74. The first-order valence-corrected chi connectivity index (χ1v) is 5.66. The van der Waals surface area contributed by atoms with E-state index in [4.69, 9.17) is 15.2 Å². The first-order chi connectivity index (χ1) is 6.74. The minimum Gasteiger partial charge on any atom is -0.381 e. The Kier molecular flexibility index (Phi) is 3.10. The average molecular weight is 199 g/mol. The van der Waals surface area contributed by atoms with Crippen molar-refractivity contribution in [2.45, 2.75) is 56.3 Å². The van der Waals surface area contributed by atoms with Crippen molar-refractivity contribution in [1.82, 2.24) is 0 Å². The Labute approximate surface area is 85.9 Å². The molecular weight excluding hydrogens is 178 g/mol. The zero-order valence-electron chi connectivity index (χ0n) is 9.00. The van der Waals surface area contributed by atoms with Crippen molar-refractivity contribution in [2.75, 3.05) is 13.7 Å². The number of methoxy groups -OCH3 is 1. The van der Waals surface area contributed by atoms with Gasteiger partial charge in [0.05, 0.1) is 11.7 Å². The van der Waals surface area contributed by atoms with Crippen LogP contribution in [0.4, 0.5) is 0 Å². The van der Waals surface area contributed by atoms with E-state index in [1.807, 2.05) is 0 Å². The number of nitrogens with two attached hydrogens (primary N) is 1. The van der Waals surface area contributed by atoms with Gasteiger partial charge >= 0.3 is 0 Å². The van der Waals surface area contributed by atoms with Gasteiger partial charge in [0.25, 0.3) is 0 Å². The lowest BCUT2D eigenvalue weighted by Gasteiger charge is -2.44. The highest BCUT2D eigenvalue weighted by Gasteiger charge is 2.40. The molecule has 0 radical (unpaired) electrons. The van der Waals surface area contributed by atoms with Crippen LogP contribution >= 0.6 is 0 Å². The van der Waals surface area contributed by atoms with Gasteiger partial charge in [-0.15, -0.1) is 0 Å². The van der Waals surface area contributed by atoms with Gasteiger partial charge in [-0.3, -0.25) is 0 Å². The van der Waals surface area contributed by atoms with Crippen LogP contribution in [0.3, 0.4) is 0 Å². The summed E-state index contributed by atoms with van der Waals surface area (Å²) in [7, 11) is 1.80. The Morgan fingerprint density at radius 2 is 2.21 bits per heavy atom. The van der Waals surface area contributed by atoms with E-state index in [1.54, 1.807) is 7.11 Å². The molecule has 3 heteroatoms. The molecule has 1 heterocycles. The lowest BCUT2D eigenvalue weighted by molar-refractivity contribution is -0.133. The molecule has 14 heavy (non-hydrogen) atoms. The highest BCUT2D eigenvalue weighted by atomic mass is 16.5. The van der Waals surface area contributed by atoms with Crippen LogP contribution in [0.25, 0.3) is 0 Å². The minimum atomic E-state index is 0.0522. The molecule has 3 unspecified atom stereocenters. The van der Waals surface area contributed by atoms with E-state index in [1.165, 1.54) is 19.3 Å². The Balaban J connectivity index is 1.99. The van der Waals surface area contributed by atoms with Gasteiger partial charge in [-0.25, -0.2) is 0 Å². The summed E-state index contributed by atoms with van der Waals surface area (Å²) in [5, 5.41) is 0. The lowest BCUT2D eigenvalue weighted by Crippen LogP contribution is -2.49. The topological polar surface area (TPSA) is 44.5 Å². The van der Waals surface area contributed by atoms with E-state index in [2.05, 4.69) is 0 Å². The molecule has 2 fully saturated rings. The molecule has 1 aliphatic carbocycles. The van der Waals surface area contributed by atoms with E-state index in [-0.39, 0.29) is 5.60 Å². The normalized spacial score (nSPS) is 44.1. The number of hydrogen-bond donors (Lipinski definition) is 1. The molecule has 1 saturated carbocycles. The molecule has 3 nitrogen and oxygen atoms in total. The van der Waals surface area contributed by atoms with Crippen LogP contribution in [0.15, 0.2) is 0 Å². The predicted octanol–water partition coefficient (Wildman–Crippen LogP) is 1.45. The van der Waals surface area contributed by atoms with Crippen molar-refractivity contribution in [2.24, 2.45) is 5.73 Å². The van der Waals surface area contributed by atoms with E-state index < -0.39 is 0 Å². The predicted molar refractivity (Wildman–Crippen MR) is 55.2 cm³/mol. The highest BCUT2D eigenvalue weighted by molar-refractivity contribution is 4.93. The maximum Gasteiger partial charge on any atom is 0.0722 e. The van der Waals surface area contributed by atoms with E-state index in [0.29, 0.717) is 12.1 Å². The summed E-state index contributed by atoms with van der Waals surface area (Å²) >= 11 is 0. The maximum absolute atomic E-state index is 6.01. The van der Waals surface area contributed by atoms with E-state index in [0.717, 1.165) is 25.9 Å². The molecule has 2 aliphatic rings. The van der Waals surface area contributed by atoms with Gasteiger partial charge in [0.1, 0.15) is 0 Å². The zero-order valence-corrected chi connectivity index (χ0v) is 9.00. The first kappa shape index (κ1) is 10.4. The minimum absolute atomic E-state index is 0.0522. The lowest BCUT2D eigenvalue weighted by atomic mass is 9.77. The summed E-state index contributed by atoms with van der Waals surface area (Å²) in [5.41, 5.74) is 6.06. The Hall–Kier alpha value is -0.120. The van der Waals surface area contributed by atoms with Crippen molar-refractivity contribution in [3.63, 3.8) is 0 Å². The SMILES string of the molecule is COC1CCCC2(CC(N)CCO2)C1. The largest absolute Gasteiger partial charge is 0.381 e. The molecule has 82 valence electrons. The molecule has 1 spiro atoms. The fourth-order valence-corrected chi connectivity index (χ4v) is 2.85. The van der Waals surface area contributed by atoms with Crippen molar-refractivity contribution >= 4 is 0 Å². The third-order valence-corrected chi connectivity index (χ3v) is 3.62. The summed E-state index contributed by atoms with van der Waals surface area (Å²) in [6, 6.07) is 0.333. The van der Waals surface area contributed by atoms with Gasteiger partial charge < -0.3 is 15.2 Å². The van der Waals surface area contributed by atoms with Crippen molar-refractivity contribution in [1.29, 1.82) is 0 Å². The summed E-state index contributed by atoms with van der Waals surface area (Å²) in [4.78, 5) is 0. The zero-order chi connectivity index (χ0) is 10.0. The molecule has 0 amide bonds. The second kappa shape index (κ2) is 4.17. The summed E-state index contributed by atoms with van der Waals surface area (Å²) < 4.78 is 11.4. The molecular formula is C11H21NO2. The van der Waals surface area contributed by atoms with Gasteiger partial charge in [0.15, 0.2) is 0 Å². The summed E-state index contributed by atoms with van der Waals surface area (Å²) in [6.07, 6.45) is 7.01. The molecule has 0 aromatic rings. The highest BCUT2D eigenvalue weighted by Crippen LogP contribution is 2.38. The molecule has 0 aromatic carbocycles. The Morgan fingerprint density at radius 1 is 1.36 bits per heavy atom. The third-order valence-electron chi connectivity index (χ3n) is 3.62. The van der Waals surface area contributed by atoms with Crippen molar-refractivity contribution < 1.29 is 9.47 Å². The van der Waals surface area contributed by atoms with Gasteiger partial charge in [-0.1, -0.05) is 0 Å². The number of hydrogen-bond acceptors (Lipinski definition) is 3.